The molecular formula is C12H12FN3O. The lowest BCUT2D eigenvalue weighted by atomic mass is 10.0. The van der Waals surface area contributed by atoms with Gasteiger partial charge in [0.15, 0.2) is 5.78 Å². The Morgan fingerprint density at radius 2 is 2.24 bits per heavy atom. The maximum absolute atomic E-state index is 13.0. The summed E-state index contributed by atoms with van der Waals surface area (Å²) in [6.07, 6.45) is 1.87. The van der Waals surface area contributed by atoms with Gasteiger partial charge in [-0.15, -0.1) is 0 Å². The molecule has 0 saturated carbocycles. The Morgan fingerprint density at radius 1 is 1.47 bits per heavy atom. The molecule has 0 aliphatic carbocycles. The van der Waals surface area contributed by atoms with E-state index in [1.165, 1.54) is 12.1 Å². The highest BCUT2D eigenvalue weighted by atomic mass is 19.1. The van der Waals surface area contributed by atoms with Crippen molar-refractivity contribution in [1.29, 1.82) is 0 Å². The third-order valence-corrected chi connectivity index (χ3v) is 2.43. The number of nitrogens with zero attached hydrogens (tertiary/aromatic N) is 2. The van der Waals surface area contributed by atoms with Crippen LogP contribution in [-0.2, 0) is 13.5 Å². The van der Waals surface area contributed by atoms with Crippen LogP contribution in [-0.4, -0.2) is 15.6 Å². The van der Waals surface area contributed by atoms with Crippen molar-refractivity contribution >= 4 is 11.5 Å². The first kappa shape index (κ1) is 11.3. The second-order valence-corrected chi connectivity index (χ2v) is 3.81. The molecule has 0 spiro atoms. The number of nitrogens with two attached hydrogens (primary N) is 1. The fourth-order valence-electron chi connectivity index (χ4n) is 1.59. The molecule has 2 rings (SSSR count). The number of aromatic nitrogens is 2. The minimum absolute atomic E-state index is 0.120. The summed E-state index contributed by atoms with van der Waals surface area (Å²) in [6.45, 7) is 0. The van der Waals surface area contributed by atoms with Gasteiger partial charge < -0.3 is 5.73 Å². The number of nitrogen functional groups attached to an aromatic ring is 1. The molecule has 0 saturated heterocycles. The summed E-state index contributed by atoms with van der Waals surface area (Å²) in [5.74, 6) is -0.704. The highest BCUT2D eigenvalue weighted by molar-refractivity contribution is 6.01. The van der Waals surface area contributed by atoms with Crippen LogP contribution in [0.25, 0.3) is 0 Å². The van der Waals surface area contributed by atoms with Crippen molar-refractivity contribution in [3.8, 4) is 0 Å². The first-order valence-electron chi connectivity index (χ1n) is 5.13. The fourth-order valence-corrected chi connectivity index (χ4v) is 1.59. The number of carbonyl (C=O) groups is 1. The molecule has 0 bridgehead atoms. The van der Waals surface area contributed by atoms with Gasteiger partial charge in [0.25, 0.3) is 0 Å². The smallest absolute Gasteiger partial charge is 0.171 e. The lowest BCUT2D eigenvalue weighted by molar-refractivity contribution is 0.0992. The molecule has 1 aromatic heterocycles. The molecule has 2 N–H and O–H groups in total. The average molecular weight is 233 g/mol. The van der Waals surface area contributed by atoms with Gasteiger partial charge in [0.05, 0.1) is 12.1 Å². The summed E-state index contributed by atoms with van der Waals surface area (Å²) in [5, 5.41) is 4.09. The van der Waals surface area contributed by atoms with Gasteiger partial charge in [0.2, 0.25) is 0 Å². The second kappa shape index (κ2) is 4.37. The minimum Gasteiger partial charge on any atom is -0.398 e. The number of aryl methyl sites for hydroxylation is 1. The number of hydrogen-bond donors (Lipinski definition) is 1. The van der Waals surface area contributed by atoms with Gasteiger partial charge >= 0.3 is 0 Å². The summed E-state index contributed by atoms with van der Waals surface area (Å²) in [7, 11) is 1.77. The summed E-state index contributed by atoms with van der Waals surface area (Å²) in [6, 6.07) is 5.52. The first-order chi connectivity index (χ1) is 8.06. The maximum atomic E-state index is 13.0. The molecule has 0 aliphatic rings. The van der Waals surface area contributed by atoms with Gasteiger partial charge in [0.1, 0.15) is 5.82 Å². The fraction of sp³-hybridized carbons (Fsp3) is 0.167. The zero-order valence-corrected chi connectivity index (χ0v) is 9.35. The third kappa shape index (κ3) is 2.50. The van der Waals surface area contributed by atoms with Gasteiger partial charge in [-0.2, -0.15) is 5.10 Å². The molecule has 0 aliphatic heterocycles. The Balaban J connectivity index is 2.22. The zero-order chi connectivity index (χ0) is 12.4. The predicted octanol–water partition coefficient (Wildman–Crippen LogP) is 1.57. The molecule has 0 amide bonds. The van der Waals surface area contributed by atoms with E-state index in [0.29, 0.717) is 5.69 Å². The van der Waals surface area contributed by atoms with Crippen LogP contribution in [0.1, 0.15) is 16.1 Å². The van der Waals surface area contributed by atoms with E-state index in [1.54, 1.807) is 24.0 Å². The summed E-state index contributed by atoms with van der Waals surface area (Å²) in [4.78, 5) is 11.9. The van der Waals surface area contributed by atoms with E-state index in [9.17, 15) is 9.18 Å². The van der Waals surface area contributed by atoms with Crippen LogP contribution in [0.5, 0.6) is 0 Å². The molecule has 17 heavy (non-hydrogen) atoms. The Labute approximate surface area is 97.9 Å². The molecule has 1 heterocycles. The zero-order valence-electron chi connectivity index (χ0n) is 9.35. The highest BCUT2D eigenvalue weighted by Gasteiger charge is 2.12. The number of ketones is 1. The topological polar surface area (TPSA) is 60.9 Å². The van der Waals surface area contributed by atoms with Crippen LogP contribution in [0.4, 0.5) is 10.1 Å². The van der Waals surface area contributed by atoms with Crippen molar-refractivity contribution in [3.63, 3.8) is 0 Å². The Morgan fingerprint density at radius 3 is 2.88 bits per heavy atom. The van der Waals surface area contributed by atoms with Gasteiger partial charge in [0, 0.05) is 24.5 Å². The van der Waals surface area contributed by atoms with E-state index >= 15 is 0 Å². The van der Waals surface area contributed by atoms with E-state index < -0.39 is 5.82 Å². The number of benzene rings is 1. The SMILES string of the molecule is Cn1ccc(CC(=O)c2cc(F)ccc2N)n1. The molecule has 0 atom stereocenters. The standard InChI is InChI=1S/C12H12FN3O/c1-16-5-4-9(15-16)7-12(17)10-6-8(13)2-3-11(10)14/h2-6H,7,14H2,1H3. The van der Waals surface area contributed by atoms with Gasteiger partial charge in [-0.25, -0.2) is 4.39 Å². The third-order valence-electron chi connectivity index (χ3n) is 2.43. The van der Waals surface area contributed by atoms with Crippen LogP contribution in [0.3, 0.4) is 0 Å². The van der Waals surface area contributed by atoms with E-state index in [2.05, 4.69) is 5.10 Å². The Hall–Kier alpha value is -2.17. The molecule has 5 heteroatoms. The average Bonchev–Trinajstić information content (AvgIpc) is 2.67. The van der Waals surface area contributed by atoms with Crippen LogP contribution in [0.15, 0.2) is 30.5 Å². The molecule has 2 aromatic rings. The molecule has 1 aromatic carbocycles. The second-order valence-electron chi connectivity index (χ2n) is 3.81. The van der Waals surface area contributed by atoms with Crippen molar-refractivity contribution in [3.05, 3.63) is 47.5 Å². The monoisotopic (exact) mass is 233 g/mol. The van der Waals surface area contributed by atoms with Crippen LogP contribution < -0.4 is 5.73 Å². The van der Waals surface area contributed by atoms with Crippen LogP contribution in [0, 0.1) is 5.82 Å². The van der Waals surface area contributed by atoms with Crippen molar-refractivity contribution in [2.75, 3.05) is 5.73 Å². The Bertz CT molecular complexity index is 563. The van der Waals surface area contributed by atoms with Crippen LogP contribution >= 0.6 is 0 Å². The molecule has 0 fully saturated rings. The number of anilines is 1. The minimum atomic E-state index is -0.469. The van der Waals surface area contributed by atoms with E-state index in [0.717, 1.165) is 6.07 Å². The van der Waals surface area contributed by atoms with Gasteiger partial charge in [-0.1, -0.05) is 0 Å². The first-order valence-corrected chi connectivity index (χ1v) is 5.13. The predicted molar refractivity (Wildman–Crippen MR) is 62.1 cm³/mol. The summed E-state index contributed by atoms with van der Waals surface area (Å²) < 4.78 is 14.6. The van der Waals surface area contributed by atoms with E-state index in [1.807, 2.05) is 0 Å². The molecule has 88 valence electrons. The number of Topliss-reactive ketones (excluding diaryl/α,β-unsaturated/α-hetero) is 1. The molecule has 0 unspecified atom stereocenters. The van der Waals surface area contributed by atoms with Gasteiger partial charge in [-0.05, 0) is 24.3 Å². The lowest BCUT2D eigenvalue weighted by Crippen LogP contribution is -2.08. The molecule has 0 radical (unpaired) electrons. The van der Waals surface area contributed by atoms with Crippen molar-refractivity contribution in [2.24, 2.45) is 7.05 Å². The van der Waals surface area contributed by atoms with Gasteiger partial charge in [-0.3, -0.25) is 9.48 Å². The normalized spacial score (nSPS) is 10.5. The number of carbonyl (C=O) groups excluding carboxylic acids is 1. The van der Waals surface area contributed by atoms with Crippen LogP contribution in [0.2, 0.25) is 0 Å². The lowest BCUT2D eigenvalue weighted by Gasteiger charge is -2.03. The van der Waals surface area contributed by atoms with Crippen molar-refractivity contribution in [2.45, 2.75) is 6.42 Å². The summed E-state index contributed by atoms with van der Waals surface area (Å²) >= 11 is 0. The molecular weight excluding hydrogens is 221 g/mol. The number of rotatable bonds is 3. The van der Waals surface area contributed by atoms with E-state index in [4.69, 9.17) is 5.73 Å². The Kier molecular flexibility index (Phi) is 2.91. The van der Waals surface area contributed by atoms with Crippen molar-refractivity contribution in [1.82, 2.24) is 9.78 Å². The largest absolute Gasteiger partial charge is 0.398 e. The number of hydrogen-bond acceptors (Lipinski definition) is 3. The van der Waals surface area contributed by atoms with Crippen molar-refractivity contribution < 1.29 is 9.18 Å². The van der Waals surface area contributed by atoms with E-state index in [-0.39, 0.29) is 23.5 Å². The maximum Gasteiger partial charge on any atom is 0.171 e. The number of halogens is 1. The molecule has 4 nitrogen and oxygen atoms in total. The quantitative estimate of drug-likeness (QED) is 0.646. The highest BCUT2D eigenvalue weighted by Crippen LogP contribution is 2.15. The summed E-state index contributed by atoms with van der Waals surface area (Å²) in [5.41, 5.74) is 6.76.